The van der Waals surface area contributed by atoms with Crippen molar-refractivity contribution in [2.24, 2.45) is 5.73 Å². The number of aliphatic hydroxyl groups is 1. The quantitative estimate of drug-likeness (QED) is 0.523. The van der Waals surface area contributed by atoms with Gasteiger partial charge in [0, 0.05) is 18.3 Å². The lowest BCUT2D eigenvalue weighted by atomic mass is 9.93. The Balaban J connectivity index is 1.58. The third kappa shape index (κ3) is 6.69. The summed E-state index contributed by atoms with van der Waals surface area (Å²) in [5.41, 5.74) is 5.60. The van der Waals surface area contributed by atoms with Gasteiger partial charge in [0.2, 0.25) is 5.95 Å². The van der Waals surface area contributed by atoms with Crippen molar-refractivity contribution in [2.75, 3.05) is 17.2 Å². The summed E-state index contributed by atoms with van der Waals surface area (Å²) in [4.78, 5) is 20.3. The summed E-state index contributed by atoms with van der Waals surface area (Å²) >= 11 is 0. The van der Waals surface area contributed by atoms with Crippen molar-refractivity contribution in [3.8, 4) is 0 Å². The Hall–Kier alpha value is -2.14. The molecule has 2 saturated carbocycles. The molecule has 0 radical (unpaired) electrons. The molecule has 3 rings (SSSR count). The Morgan fingerprint density at radius 1 is 1.17 bits per heavy atom. The van der Waals surface area contributed by atoms with Crippen LogP contribution in [0.2, 0.25) is 0 Å². The summed E-state index contributed by atoms with van der Waals surface area (Å²) in [6.07, 6.45) is 1.57. The van der Waals surface area contributed by atoms with Gasteiger partial charge in [-0.3, -0.25) is 4.79 Å². The van der Waals surface area contributed by atoms with Crippen LogP contribution in [0, 0.1) is 0 Å². The van der Waals surface area contributed by atoms with Crippen molar-refractivity contribution in [1.29, 1.82) is 0 Å². The van der Waals surface area contributed by atoms with E-state index in [0.717, 1.165) is 19.3 Å². The first-order valence-corrected chi connectivity index (χ1v) is 10.3. The second-order valence-corrected chi connectivity index (χ2v) is 8.03. The lowest BCUT2D eigenvalue weighted by Crippen LogP contribution is -2.33. The molecule has 1 heterocycles. The molecule has 8 nitrogen and oxygen atoms in total. The van der Waals surface area contributed by atoms with Crippen LogP contribution in [0.4, 0.5) is 24.9 Å². The smallest absolute Gasteiger partial charge is 0.393 e. The number of anilines is 2. The lowest BCUT2D eigenvalue weighted by molar-refractivity contribution is -0.187. The van der Waals surface area contributed by atoms with E-state index >= 15 is 0 Å². The van der Waals surface area contributed by atoms with Crippen LogP contribution in [0.5, 0.6) is 0 Å². The summed E-state index contributed by atoms with van der Waals surface area (Å²) in [6.45, 7) is -1.22. The van der Waals surface area contributed by atoms with Crippen molar-refractivity contribution in [2.45, 2.75) is 81.8 Å². The molecule has 0 aromatic carbocycles. The van der Waals surface area contributed by atoms with Gasteiger partial charge >= 0.3 is 6.18 Å². The predicted molar refractivity (Wildman–Crippen MR) is 104 cm³/mol. The predicted octanol–water partition coefficient (Wildman–Crippen LogP) is 2.59. The SMILES string of the molecule is NC(=O)c1cnc(N[C@H]2CC[C@@H](OCC(F)(F)F)CC2)nc1NC1CCC[C@H](O)C1. The van der Waals surface area contributed by atoms with Gasteiger partial charge in [0.05, 0.1) is 17.8 Å². The van der Waals surface area contributed by atoms with E-state index < -0.39 is 24.8 Å². The number of aliphatic hydroxyl groups excluding tert-OH is 1. The molecule has 11 heteroatoms. The van der Waals surface area contributed by atoms with Crippen molar-refractivity contribution >= 4 is 17.7 Å². The van der Waals surface area contributed by atoms with E-state index in [1.54, 1.807) is 0 Å². The molecule has 0 saturated heterocycles. The van der Waals surface area contributed by atoms with Crippen LogP contribution in [0.1, 0.15) is 61.7 Å². The van der Waals surface area contributed by atoms with Crippen molar-refractivity contribution in [3.63, 3.8) is 0 Å². The Labute approximate surface area is 172 Å². The number of nitrogens with one attached hydrogen (secondary N) is 2. The zero-order valence-corrected chi connectivity index (χ0v) is 16.6. The molecule has 1 unspecified atom stereocenters. The van der Waals surface area contributed by atoms with E-state index in [2.05, 4.69) is 20.6 Å². The number of rotatable bonds is 7. The Morgan fingerprint density at radius 2 is 1.90 bits per heavy atom. The van der Waals surface area contributed by atoms with Crippen LogP contribution in [-0.2, 0) is 4.74 Å². The topological polar surface area (TPSA) is 122 Å². The zero-order chi connectivity index (χ0) is 21.7. The lowest BCUT2D eigenvalue weighted by Gasteiger charge is -2.30. The molecule has 5 N–H and O–H groups in total. The van der Waals surface area contributed by atoms with Gasteiger partial charge in [-0.25, -0.2) is 4.98 Å². The third-order valence-electron chi connectivity index (χ3n) is 5.53. The summed E-state index contributed by atoms with van der Waals surface area (Å²) < 4.78 is 41.8. The van der Waals surface area contributed by atoms with E-state index in [9.17, 15) is 23.1 Å². The minimum absolute atomic E-state index is 0.000447. The van der Waals surface area contributed by atoms with Gasteiger partial charge in [0.15, 0.2) is 0 Å². The molecular weight excluding hydrogens is 403 g/mol. The van der Waals surface area contributed by atoms with Crippen LogP contribution in [0.3, 0.4) is 0 Å². The molecule has 0 bridgehead atoms. The molecule has 0 aliphatic heterocycles. The monoisotopic (exact) mass is 431 g/mol. The first kappa shape index (κ1) is 22.5. The molecule has 2 aliphatic carbocycles. The fourth-order valence-electron chi connectivity index (χ4n) is 4.00. The summed E-state index contributed by atoms with van der Waals surface area (Å²) in [5, 5.41) is 16.2. The van der Waals surface area contributed by atoms with Crippen molar-refractivity contribution in [3.05, 3.63) is 11.8 Å². The molecular formula is C19H28F3N5O3. The van der Waals surface area contributed by atoms with Gasteiger partial charge in [-0.2, -0.15) is 18.2 Å². The Kier molecular flexibility index (Phi) is 7.35. The standard InChI is InChI=1S/C19H28F3N5O3/c20-19(21,22)10-30-14-6-4-11(5-7-14)26-18-24-9-15(16(23)29)17(27-18)25-12-2-1-3-13(28)8-12/h9,11-14,28H,1-8,10H2,(H2,23,29)(H2,24,25,26,27)/t11-,12?,13-,14+/m0/s1. The van der Waals surface area contributed by atoms with Crippen LogP contribution >= 0.6 is 0 Å². The maximum absolute atomic E-state index is 12.3. The van der Waals surface area contributed by atoms with Crippen LogP contribution in [0.25, 0.3) is 0 Å². The normalized spacial score (nSPS) is 27.5. The summed E-state index contributed by atoms with van der Waals surface area (Å²) in [5.74, 6) is -0.0115. The van der Waals surface area contributed by atoms with Crippen LogP contribution in [0.15, 0.2) is 6.20 Å². The molecule has 30 heavy (non-hydrogen) atoms. The maximum Gasteiger partial charge on any atom is 0.411 e. The first-order valence-electron chi connectivity index (χ1n) is 10.3. The fraction of sp³-hybridized carbons (Fsp3) is 0.737. The van der Waals surface area contributed by atoms with Gasteiger partial charge in [-0.1, -0.05) is 0 Å². The zero-order valence-electron chi connectivity index (χ0n) is 16.6. The van der Waals surface area contributed by atoms with E-state index in [0.29, 0.717) is 43.9 Å². The number of aromatic nitrogens is 2. The van der Waals surface area contributed by atoms with E-state index in [-0.39, 0.29) is 23.8 Å². The molecule has 1 aromatic heterocycles. The Morgan fingerprint density at radius 3 is 2.53 bits per heavy atom. The van der Waals surface area contributed by atoms with E-state index in [1.807, 2.05) is 0 Å². The molecule has 168 valence electrons. The third-order valence-corrected chi connectivity index (χ3v) is 5.53. The number of halogens is 3. The number of carbonyl (C=O) groups is 1. The Bertz CT molecular complexity index is 726. The largest absolute Gasteiger partial charge is 0.411 e. The molecule has 0 spiro atoms. The number of ether oxygens (including phenoxy) is 1. The van der Waals surface area contributed by atoms with E-state index in [1.165, 1.54) is 6.20 Å². The highest BCUT2D eigenvalue weighted by Crippen LogP contribution is 2.27. The highest BCUT2D eigenvalue weighted by Gasteiger charge is 2.31. The summed E-state index contributed by atoms with van der Waals surface area (Å²) in [6, 6.07) is -0.0182. The molecule has 1 aromatic rings. The fourth-order valence-corrected chi connectivity index (χ4v) is 4.00. The van der Waals surface area contributed by atoms with Crippen LogP contribution < -0.4 is 16.4 Å². The van der Waals surface area contributed by atoms with Gasteiger partial charge in [0.1, 0.15) is 12.4 Å². The second kappa shape index (κ2) is 9.78. The number of nitrogens with two attached hydrogens (primary N) is 1. The summed E-state index contributed by atoms with van der Waals surface area (Å²) in [7, 11) is 0. The number of hydrogen-bond acceptors (Lipinski definition) is 7. The molecule has 1 amide bonds. The average molecular weight is 431 g/mol. The maximum atomic E-state index is 12.3. The van der Waals surface area contributed by atoms with Crippen molar-refractivity contribution < 1.29 is 27.8 Å². The van der Waals surface area contributed by atoms with Crippen LogP contribution in [-0.4, -0.2) is 58.1 Å². The minimum Gasteiger partial charge on any atom is -0.393 e. The number of amides is 1. The molecule has 2 aliphatic rings. The number of hydrogen-bond donors (Lipinski definition) is 4. The average Bonchev–Trinajstić information content (AvgIpc) is 2.67. The molecule has 2 fully saturated rings. The van der Waals surface area contributed by atoms with Gasteiger partial charge in [0.25, 0.3) is 5.91 Å². The number of alkyl halides is 3. The first-order chi connectivity index (χ1) is 14.2. The highest BCUT2D eigenvalue weighted by atomic mass is 19.4. The molecule has 2 atom stereocenters. The minimum atomic E-state index is -4.32. The van der Waals surface area contributed by atoms with Crippen molar-refractivity contribution in [1.82, 2.24) is 9.97 Å². The highest BCUT2D eigenvalue weighted by molar-refractivity contribution is 5.97. The second-order valence-electron chi connectivity index (χ2n) is 8.03. The number of primary amides is 1. The number of carbonyl (C=O) groups excluding carboxylic acids is 1. The number of nitrogens with zero attached hydrogens (tertiary/aromatic N) is 2. The van der Waals surface area contributed by atoms with Gasteiger partial charge < -0.3 is 26.2 Å². The van der Waals surface area contributed by atoms with E-state index in [4.69, 9.17) is 10.5 Å². The van der Waals surface area contributed by atoms with Gasteiger partial charge in [-0.05, 0) is 51.4 Å². The van der Waals surface area contributed by atoms with Gasteiger partial charge in [-0.15, -0.1) is 0 Å².